The van der Waals surface area contributed by atoms with Crippen LogP contribution in [0.15, 0.2) is 18.2 Å². The summed E-state index contributed by atoms with van der Waals surface area (Å²) in [6, 6.07) is 1.98. The molecule has 0 unspecified atom stereocenters. The van der Waals surface area contributed by atoms with E-state index >= 15 is 0 Å². The van der Waals surface area contributed by atoms with Crippen molar-refractivity contribution in [2.45, 2.75) is 37.7 Å². The fourth-order valence-electron chi connectivity index (χ4n) is 3.64. The van der Waals surface area contributed by atoms with Crippen LogP contribution in [0.2, 0.25) is 0 Å². The number of aromatic nitrogens is 2. The average Bonchev–Trinajstić information content (AvgIpc) is 2.74. The third-order valence-corrected chi connectivity index (χ3v) is 5.24. The van der Waals surface area contributed by atoms with E-state index < -0.39 is 35.3 Å². The van der Waals surface area contributed by atoms with E-state index in [-0.39, 0.29) is 40.9 Å². The predicted octanol–water partition coefficient (Wildman–Crippen LogP) is 1.13. The molecule has 0 saturated carbocycles. The number of rotatable bonds is 7. The molecule has 33 heavy (non-hydrogen) atoms. The molecule has 1 aromatic heterocycles. The van der Waals surface area contributed by atoms with Crippen LogP contribution in [0.25, 0.3) is 11.3 Å². The maximum absolute atomic E-state index is 13.2. The number of nitrogens with zero attached hydrogens (tertiary/aromatic N) is 2. The van der Waals surface area contributed by atoms with E-state index in [1.165, 1.54) is 13.2 Å². The second-order valence-corrected chi connectivity index (χ2v) is 7.60. The summed E-state index contributed by atoms with van der Waals surface area (Å²) >= 11 is 0. The van der Waals surface area contributed by atoms with E-state index in [0.717, 1.165) is 6.07 Å². The fraction of sp³-hybridized carbons (Fsp3) is 0.400. The van der Waals surface area contributed by atoms with Gasteiger partial charge in [-0.3, -0.25) is 9.59 Å². The molecule has 0 radical (unpaired) electrons. The number of primary amides is 2. The van der Waals surface area contributed by atoms with E-state index in [9.17, 15) is 27.9 Å². The third-order valence-electron chi connectivity index (χ3n) is 5.24. The first-order valence-corrected chi connectivity index (χ1v) is 9.90. The minimum atomic E-state index is -4.68. The number of carbonyl (C=O) groups is 2. The Morgan fingerprint density at radius 3 is 2.52 bits per heavy atom. The number of carbonyl (C=O) groups excluding carboxylic acids is 2. The van der Waals surface area contributed by atoms with Crippen molar-refractivity contribution in [2.75, 3.05) is 19.0 Å². The molecule has 0 spiro atoms. The zero-order valence-electron chi connectivity index (χ0n) is 17.6. The monoisotopic (exact) mass is 468 g/mol. The summed E-state index contributed by atoms with van der Waals surface area (Å²) < 4.78 is 44.4. The van der Waals surface area contributed by atoms with E-state index in [2.05, 4.69) is 20.8 Å². The van der Waals surface area contributed by atoms with Gasteiger partial charge in [0, 0.05) is 25.3 Å². The van der Waals surface area contributed by atoms with Gasteiger partial charge in [-0.05, 0) is 36.6 Å². The van der Waals surface area contributed by atoms with Gasteiger partial charge in [-0.25, -0.2) is 0 Å². The zero-order valence-corrected chi connectivity index (χ0v) is 17.6. The van der Waals surface area contributed by atoms with Crippen LogP contribution >= 0.6 is 0 Å². The van der Waals surface area contributed by atoms with E-state index in [1.54, 1.807) is 0 Å². The number of nitrogens with two attached hydrogens (primary N) is 2. The molecule has 7 N–H and O–H groups in total. The number of aromatic hydroxyl groups is 1. The maximum Gasteiger partial charge on any atom is 0.416 e. The van der Waals surface area contributed by atoms with Crippen LogP contribution in [0, 0.1) is 0 Å². The van der Waals surface area contributed by atoms with Gasteiger partial charge in [0.15, 0.2) is 5.82 Å². The molecule has 0 aliphatic carbocycles. The number of amides is 2. The number of hydrogen-bond acceptors (Lipinski definition) is 8. The van der Waals surface area contributed by atoms with Crippen LogP contribution in [0.1, 0.15) is 34.3 Å². The highest BCUT2D eigenvalue weighted by Gasteiger charge is 2.33. The summed E-state index contributed by atoms with van der Waals surface area (Å²) in [5.41, 5.74) is 9.53. The van der Waals surface area contributed by atoms with Crippen LogP contribution < -0.4 is 22.1 Å². The summed E-state index contributed by atoms with van der Waals surface area (Å²) in [5.74, 6) is -1.95. The van der Waals surface area contributed by atoms with Crippen molar-refractivity contribution in [3.63, 3.8) is 0 Å². The molecule has 2 heterocycles. The highest BCUT2D eigenvalue weighted by atomic mass is 19.4. The van der Waals surface area contributed by atoms with Gasteiger partial charge in [0.25, 0.3) is 5.91 Å². The number of methoxy groups -OCH3 is 1. The van der Waals surface area contributed by atoms with Crippen molar-refractivity contribution in [2.24, 2.45) is 11.5 Å². The Hall–Kier alpha value is -3.45. The van der Waals surface area contributed by atoms with Gasteiger partial charge >= 0.3 is 6.18 Å². The fourth-order valence-corrected chi connectivity index (χ4v) is 3.64. The first kappa shape index (κ1) is 24.2. The first-order valence-electron chi connectivity index (χ1n) is 9.90. The largest absolute Gasteiger partial charge is 0.507 e. The smallest absolute Gasteiger partial charge is 0.416 e. The molecular weight excluding hydrogens is 445 g/mol. The minimum absolute atomic E-state index is 0.00392. The van der Waals surface area contributed by atoms with Crippen molar-refractivity contribution < 1.29 is 32.6 Å². The number of phenols is 1. The van der Waals surface area contributed by atoms with Crippen LogP contribution in [0.3, 0.4) is 0 Å². The zero-order chi connectivity index (χ0) is 24.3. The SMILES string of the molecule is COCc1cc(C(F)(F)F)cc(O)c1-c1cc(C(N)=O)c(N[C@@H]2CC[C@@H](C(N)=O)NC2)nn1. The standard InChI is InChI=1S/C20H23F3N6O4/c1-33-8-9-4-10(20(21,22)23)5-15(30)16(9)14-6-12(17(24)31)19(29-28-14)27-11-2-3-13(18(25)32)26-7-11/h4-6,11,13,26,30H,2-3,7-8H2,1H3,(H2,24,31)(H2,25,32)(H,27,29)/t11-,13+/m1/s1. The Morgan fingerprint density at radius 2 is 1.97 bits per heavy atom. The molecule has 13 heteroatoms. The molecule has 1 fully saturated rings. The van der Waals surface area contributed by atoms with Gasteiger partial charge in [0.1, 0.15) is 5.75 Å². The van der Waals surface area contributed by atoms with Crippen molar-refractivity contribution in [1.29, 1.82) is 0 Å². The molecular formula is C20H23F3N6O4. The lowest BCUT2D eigenvalue weighted by molar-refractivity contribution is -0.137. The molecule has 0 bridgehead atoms. The van der Waals surface area contributed by atoms with E-state index in [1.807, 2.05) is 0 Å². The molecule has 178 valence electrons. The highest BCUT2D eigenvalue weighted by molar-refractivity contribution is 5.98. The number of phenolic OH excluding ortho intramolecular Hbond substituents is 1. The van der Waals surface area contributed by atoms with Crippen LogP contribution in [0.4, 0.5) is 19.0 Å². The molecule has 3 rings (SSSR count). The summed E-state index contributed by atoms with van der Waals surface area (Å²) in [6.45, 7) is 0.113. The number of nitrogens with one attached hydrogen (secondary N) is 2. The lowest BCUT2D eigenvalue weighted by atomic mass is 9.98. The topological polar surface area (TPSA) is 165 Å². The second kappa shape index (κ2) is 9.58. The molecule has 2 atom stereocenters. The van der Waals surface area contributed by atoms with Gasteiger partial charge < -0.3 is 31.9 Å². The summed E-state index contributed by atoms with van der Waals surface area (Å²) in [7, 11) is 1.29. The Labute approximate surface area is 186 Å². The normalized spacial score (nSPS) is 18.7. The number of hydrogen-bond donors (Lipinski definition) is 5. The molecule has 1 aliphatic heterocycles. The Balaban J connectivity index is 1.95. The predicted molar refractivity (Wildman–Crippen MR) is 111 cm³/mol. The number of piperidine rings is 1. The van der Waals surface area contributed by atoms with Gasteiger partial charge in [0.05, 0.1) is 29.5 Å². The molecule has 2 amide bonds. The van der Waals surface area contributed by atoms with E-state index in [0.29, 0.717) is 25.5 Å². The number of ether oxygens (including phenoxy) is 1. The van der Waals surface area contributed by atoms with Gasteiger partial charge in [-0.2, -0.15) is 13.2 Å². The van der Waals surface area contributed by atoms with Crippen molar-refractivity contribution in [3.8, 4) is 17.0 Å². The number of alkyl halides is 3. The van der Waals surface area contributed by atoms with Crippen molar-refractivity contribution >= 4 is 17.6 Å². The second-order valence-electron chi connectivity index (χ2n) is 7.60. The van der Waals surface area contributed by atoms with Gasteiger partial charge in [0.2, 0.25) is 5.91 Å². The van der Waals surface area contributed by atoms with Crippen LogP contribution in [-0.2, 0) is 22.3 Å². The first-order chi connectivity index (χ1) is 15.5. The third kappa shape index (κ3) is 5.49. The Morgan fingerprint density at radius 1 is 1.24 bits per heavy atom. The maximum atomic E-state index is 13.2. The molecule has 10 nitrogen and oxygen atoms in total. The Kier molecular flexibility index (Phi) is 7.03. The summed E-state index contributed by atoms with van der Waals surface area (Å²) in [4.78, 5) is 23.3. The number of anilines is 1. The van der Waals surface area contributed by atoms with Crippen LogP contribution in [0.5, 0.6) is 5.75 Å². The van der Waals surface area contributed by atoms with E-state index in [4.69, 9.17) is 16.2 Å². The molecule has 1 aliphatic rings. The average molecular weight is 468 g/mol. The Bertz CT molecular complexity index is 1050. The molecule has 1 saturated heterocycles. The van der Waals surface area contributed by atoms with Crippen molar-refractivity contribution in [3.05, 3.63) is 34.9 Å². The van der Waals surface area contributed by atoms with Crippen molar-refractivity contribution in [1.82, 2.24) is 15.5 Å². The van der Waals surface area contributed by atoms with Gasteiger partial charge in [-0.1, -0.05) is 0 Å². The minimum Gasteiger partial charge on any atom is -0.507 e. The lowest BCUT2D eigenvalue weighted by Crippen LogP contribution is -2.50. The summed E-state index contributed by atoms with van der Waals surface area (Å²) in [5, 5.41) is 24.3. The molecule has 2 aromatic rings. The lowest BCUT2D eigenvalue weighted by Gasteiger charge is -2.29. The van der Waals surface area contributed by atoms with Crippen LogP contribution in [-0.4, -0.2) is 52.9 Å². The highest BCUT2D eigenvalue weighted by Crippen LogP contribution is 2.39. The van der Waals surface area contributed by atoms with Gasteiger partial charge in [-0.15, -0.1) is 10.2 Å². The summed E-state index contributed by atoms with van der Waals surface area (Å²) in [6.07, 6.45) is -3.65. The quantitative estimate of drug-likeness (QED) is 0.403. The molecule has 1 aromatic carbocycles. The number of halogens is 3. The number of benzene rings is 1.